The van der Waals surface area contributed by atoms with Crippen molar-refractivity contribution < 1.29 is 4.74 Å². The van der Waals surface area contributed by atoms with Crippen molar-refractivity contribution in [1.82, 2.24) is 4.90 Å². The van der Waals surface area contributed by atoms with Gasteiger partial charge >= 0.3 is 0 Å². The number of hydrogen-bond acceptors (Lipinski definition) is 3. The van der Waals surface area contributed by atoms with Gasteiger partial charge in [0.15, 0.2) is 0 Å². The van der Waals surface area contributed by atoms with Crippen molar-refractivity contribution >= 4 is 0 Å². The molecule has 1 unspecified atom stereocenters. The highest BCUT2D eigenvalue weighted by Gasteiger charge is 2.34. The number of ether oxygens (including phenoxy) is 1. The molecule has 1 saturated heterocycles. The zero-order valence-electron chi connectivity index (χ0n) is 10.4. The van der Waals surface area contributed by atoms with Crippen molar-refractivity contribution in [2.45, 2.75) is 19.4 Å². The van der Waals surface area contributed by atoms with E-state index in [1.54, 1.807) is 0 Å². The van der Waals surface area contributed by atoms with E-state index >= 15 is 0 Å². The molecule has 1 aromatic carbocycles. The maximum atomic E-state index is 9.55. The fourth-order valence-electron chi connectivity index (χ4n) is 2.28. The van der Waals surface area contributed by atoms with E-state index in [0.717, 1.165) is 18.7 Å². The molecule has 1 fully saturated rings. The molecule has 1 aliphatic heterocycles. The third-order valence-corrected chi connectivity index (χ3v) is 3.44. The topological polar surface area (TPSA) is 36.3 Å². The van der Waals surface area contributed by atoms with E-state index in [0.29, 0.717) is 13.2 Å². The quantitative estimate of drug-likeness (QED) is 0.780. The Kier molecular flexibility index (Phi) is 3.46. The first kappa shape index (κ1) is 12.1. The highest BCUT2D eigenvalue weighted by molar-refractivity contribution is 5.33. The zero-order chi connectivity index (χ0) is 12.3. The summed E-state index contributed by atoms with van der Waals surface area (Å²) in [6.07, 6.45) is 0. The van der Waals surface area contributed by atoms with Gasteiger partial charge in [-0.1, -0.05) is 29.8 Å². The second-order valence-corrected chi connectivity index (χ2v) is 4.65. The van der Waals surface area contributed by atoms with Crippen molar-refractivity contribution in [2.24, 2.45) is 0 Å². The lowest BCUT2D eigenvalue weighted by molar-refractivity contribution is 0.000429. The van der Waals surface area contributed by atoms with E-state index in [4.69, 9.17) is 4.74 Å². The van der Waals surface area contributed by atoms with Crippen LogP contribution in [0.3, 0.4) is 0 Å². The van der Waals surface area contributed by atoms with E-state index < -0.39 is 5.54 Å². The van der Waals surface area contributed by atoms with Crippen molar-refractivity contribution in [1.29, 1.82) is 5.26 Å². The molecule has 3 heteroatoms. The Balaban J connectivity index is 2.33. The fourth-order valence-corrected chi connectivity index (χ4v) is 2.28. The Morgan fingerprint density at radius 1 is 1.35 bits per heavy atom. The molecule has 1 aromatic rings. The molecule has 1 aliphatic rings. The van der Waals surface area contributed by atoms with Gasteiger partial charge in [-0.15, -0.1) is 0 Å². The van der Waals surface area contributed by atoms with Crippen LogP contribution in [0.25, 0.3) is 0 Å². The average molecular weight is 230 g/mol. The van der Waals surface area contributed by atoms with Gasteiger partial charge in [0, 0.05) is 13.1 Å². The number of nitriles is 1. The number of aryl methyl sites for hydroxylation is 1. The Morgan fingerprint density at radius 3 is 2.65 bits per heavy atom. The second kappa shape index (κ2) is 4.87. The number of morpholine rings is 1. The minimum Gasteiger partial charge on any atom is -0.379 e. The maximum absolute atomic E-state index is 9.55. The molecule has 3 nitrogen and oxygen atoms in total. The average Bonchev–Trinajstić information content (AvgIpc) is 2.39. The van der Waals surface area contributed by atoms with Crippen LogP contribution in [0, 0.1) is 18.3 Å². The summed E-state index contributed by atoms with van der Waals surface area (Å²) in [7, 11) is 0. The predicted molar refractivity (Wildman–Crippen MR) is 66.5 cm³/mol. The largest absolute Gasteiger partial charge is 0.379 e. The highest BCUT2D eigenvalue weighted by atomic mass is 16.5. The fraction of sp³-hybridized carbons (Fsp3) is 0.500. The van der Waals surface area contributed by atoms with Crippen molar-refractivity contribution in [3.63, 3.8) is 0 Å². The first-order chi connectivity index (χ1) is 8.16. The second-order valence-electron chi connectivity index (χ2n) is 4.65. The molecule has 0 spiro atoms. The van der Waals surface area contributed by atoms with Crippen molar-refractivity contribution in [3.05, 3.63) is 35.4 Å². The summed E-state index contributed by atoms with van der Waals surface area (Å²) in [5.74, 6) is 0. The summed E-state index contributed by atoms with van der Waals surface area (Å²) in [5, 5.41) is 9.55. The van der Waals surface area contributed by atoms with E-state index in [1.807, 2.05) is 19.1 Å². The smallest absolute Gasteiger partial charge is 0.132 e. The van der Waals surface area contributed by atoms with E-state index in [2.05, 4.69) is 30.0 Å². The van der Waals surface area contributed by atoms with Gasteiger partial charge in [0.05, 0.1) is 19.3 Å². The molecule has 0 saturated carbocycles. The lowest BCUT2D eigenvalue weighted by atomic mass is 9.90. The summed E-state index contributed by atoms with van der Waals surface area (Å²) in [4.78, 5) is 2.20. The van der Waals surface area contributed by atoms with Crippen LogP contribution in [-0.2, 0) is 10.3 Å². The van der Waals surface area contributed by atoms with Crippen LogP contribution in [0.5, 0.6) is 0 Å². The molecule has 17 heavy (non-hydrogen) atoms. The van der Waals surface area contributed by atoms with Crippen LogP contribution >= 0.6 is 0 Å². The van der Waals surface area contributed by atoms with E-state index in [9.17, 15) is 5.26 Å². The third kappa shape index (κ3) is 2.33. The molecule has 0 N–H and O–H groups in total. The minimum atomic E-state index is -0.546. The number of rotatable bonds is 2. The Hall–Kier alpha value is -1.37. The molecule has 2 rings (SSSR count). The van der Waals surface area contributed by atoms with E-state index in [1.165, 1.54) is 5.56 Å². The summed E-state index contributed by atoms with van der Waals surface area (Å²) in [6.45, 7) is 7.11. The lowest BCUT2D eigenvalue weighted by Crippen LogP contribution is -2.48. The molecule has 1 heterocycles. The monoisotopic (exact) mass is 230 g/mol. The minimum absolute atomic E-state index is 0.546. The number of nitrogens with zero attached hydrogens (tertiary/aromatic N) is 2. The predicted octanol–water partition coefficient (Wildman–Crippen LogP) is 2.07. The standard InChI is InChI=1S/C14H18N2O/c1-12-4-3-5-13(10-12)14(2,11-15)16-6-8-17-9-7-16/h3-5,10H,6-9H2,1-2H3. The summed E-state index contributed by atoms with van der Waals surface area (Å²) < 4.78 is 5.35. The number of benzene rings is 1. The van der Waals surface area contributed by atoms with Crippen LogP contribution in [0.15, 0.2) is 24.3 Å². The summed E-state index contributed by atoms with van der Waals surface area (Å²) in [5.41, 5.74) is 1.72. The van der Waals surface area contributed by atoms with Crippen molar-refractivity contribution in [2.75, 3.05) is 26.3 Å². The normalized spacial score (nSPS) is 20.5. The van der Waals surface area contributed by atoms with Gasteiger partial charge in [-0.3, -0.25) is 4.90 Å². The molecular weight excluding hydrogens is 212 g/mol. The Labute approximate surface area is 103 Å². The first-order valence-electron chi connectivity index (χ1n) is 5.98. The molecule has 0 aromatic heterocycles. The highest BCUT2D eigenvalue weighted by Crippen LogP contribution is 2.28. The van der Waals surface area contributed by atoms with Crippen LogP contribution in [0.4, 0.5) is 0 Å². The molecule has 0 bridgehead atoms. The summed E-state index contributed by atoms with van der Waals surface area (Å²) >= 11 is 0. The molecule has 0 radical (unpaired) electrons. The van der Waals surface area contributed by atoms with Gasteiger partial charge in [0.2, 0.25) is 0 Å². The molecule has 1 atom stereocenters. The van der Waals surface area contributed by atoms with Gasteiger partial charge in [-0.25, -0.2) is 0 Å². The van der Waals surface area contributed by atoms with Gasteiger partial charge in [0.1, 0.15) is 5.54 Å². The molecule has 90 valence electrons. The van der Waals surface area contributed by atoms with Crippen LogP contribution in [-0.4, -0.2) is 31.2 Å². The van der Waals surface area contributed by atoms with Gasteiger partial charge in [-0.2, -0.15) is 5.26 Å². The van der Waals surface area contributed by atoms with E-state index in [-0.39, 0.29) is 0 Å². The van der Waals surface area contributed by atoms with Gasteiger partial charge in [-0.05, 0) is 19.4 Å². The van der Waals surface area contributed by atoms with Gasteiger partial charge < -0.3 is 4.74 Å². The molecule has 0 amide bonds. The summed E-state index contributed by atoms with van der Waals surface area (Å²) in [6, 6.07) is 10.7. The SMILES string of the molecule is Cc1cccc(C(C)(C#N)N2CCOCC2)c1. The zero-order valence-corrected chi connectivity index (χ0v) is 10.4. The lowest BCUT2D eigenvalue weighted by Gasteiger charge is -2.38. The third-order valence-electron chi connectivity index (χ3n) is 3.44. The maximum Gasteiger partial charge on any atom is 0.132 e. The number of hydrogen-bond donors (Lipinski definition) is 0. The molecule has 0 aliphatic carbocycles. The Morgan fingerprint density at radius 2 is 2.06 bits per heavy atom. The van der Waals surface area contributed by atoms with Crippen LogP contribution in [0.1, 0.15) is 18.1 Å². The van der Waals surface area contributed by atoms with Crippen LogP contribution in [0.2, 0.25) is 0 Å². The first-order valence-corrected chi connectivity index (χ1v) is 5.98. The van der Waals surface area contributed by atoms with Crippen molar-refractivity contribution in [3.8, 4) is 6.07 Å². The Bertz CT molecular complexity index is 432. The van der Waals surface area contributed by atoms with Gasteiger partial charge in [0.25, 0.3) is 0 Å². The molecular formula is C14H18N2O. The van der Waals surface area contributed by atoms with Crippen LogP contribution < -0.4 is 0 Å².